The van der Waals surface area contributed by atoms with Gasteiger partial charge in [0.25, 0.3) is 0 Å². The van der Waals surface area contributed by atoms with Crippen molar-refractivity contribution in [2.45, 2.75) is 452 Å². The third-order valence-electron chi connectivity index (χ3n) is 21.1. The van der Waals surface area contributed by atoms with Gasteiger partial charge in [0.15, 0.2) is 18.9 Å². The second-order valence-corrected chi connectivity index (χ2v) is 30.3. The van der Waals surface area contributed by atoms with Gasteiger partial charge in [-0.05, 0) is 64.2 Å². The molecule has 19 nitrogen and oxygen atoms in total. The third kappa shape index (κ3) is 44.3. The zero-order valence-corrected chi connectivity index (χ0v) is 64.8. The summed E-state index contributed by atoms with van der Waals surface area (Å²) in [6.07, 6.45) is 55.4. The summed E-state index contributed by atoms with van der Waals surface area (Å²) in [5.41, 5.74) is 0. The Kier molecular flexibility index (Phi) is 59.5. The molecule has 3 heterocycles. The average molecular weight is 1470 g/mol. The van der Waals surface area contributed by atoms with Crippen LogP contribution in [0.2, 0.25) is 0 Å². The number of nitrogens with one attached hydrogen (secondary N) is 1. The van der Waals surface area contributed by atoms with Crippen LogP contribution in [0.5, 0.6) is 0 Å². The van der Waals surface area contributed by atoms with E-state index < -0.39 is 124 Å². The van der Waals surface area contributed by atoms with Crippen molar-refractivity contribution in [3.8, 4) is 0 Å². The van der Waals surface area contributed by atoms with Crippen LogP contribution in [0.15, 0.2) is 48.6 Å². The number of carbonyl (C=O) groups is 1. The normalized spacial score (nSPS) is 26.2. The van der Waals surface area contributed by atoms with Crippen molar-refractivity contribution < 1.29 is 89.4 Å². The number of hydrogen-bond donors (Lipinski definition) is 12. The van der Waals surface area contributed by atoms with E-state index >= 15 is 0 Å². The SMILES string of the molecule is CCCCCCC/C=C\C/C=C\CCCCCCCCCCCCCCCCCCCCCCCCCC(=O)NC(COC1OC(CO)C(OC2OC(CO)C(OC3OC(CO)C(O)C(O)C3O)C(O)C2O)C(O)C1O)C(O)/C=C/CC/C=C/CCCCCCCCCCCCCCCCCCC. The van der Waals surface area contributed by atoms with Crippen molar-refractivity contribution in [2.24, 2.45) is 0 Å². The molecule has 0 radical (unpaired) electrons. The van der Waals surface area contributed by atoms with Crippen molar-refractivity contribution in [2.75, 3.05) is 26.4 Å². The van der Waals surface area contributed by atoms with E-state index in [9.17, 15) is 61.0 Å². The van der Waals surface area contributed by atoms with Crippen LogP contribution in [0.3, 0.4) is 0 Å². The van der Waals surface area contributed by atoms with Gasteiger partial charge in [-0.1, -0.05) is 326 Å². The highest BCUT2D eigenvalue weighted by Gasteiger charge is 2.54. The van der Waals surface area contributed by atoms with E-state index in [4.69, 9.17) is 28.4 Å². The average Bonchev–Trinajstić information content (AvgIpc) is 0.781. The summed E-state index contributed by atoms with van der Waals surface area (Å²) in [6.45, 7) is 1.76. The van der Waals surface area contributed by atoms with Crippen molar-refractivity contribution in [1.29, 1.82) is 0 Å². The summed E-state index contributed by atoms with van der Waals surface area (Å²) in [7, 11) is 0. The number of rotatable bonds is 68. The van der Waals surface area contributed by atoms with E-state index in [1.54, 1.807) is 6.08 Å². The smallest absolute Gasteiger partial charge is 0.220 e. The number of aliphatic hydroxyl groups excluding tert-OH is 11. The van der Waals surface area contributed by atoms with Crippen LogP contribution >= 0.6 is 0 Å². The Balaban J connectivity index is 1.34. The second kappa shape index (κ2) is 64.6. The van der Waals surface area contributed by atoms with Gasteiger partial charge in [0.05, 0.1) is 38.6 Å². The largest absolute Gasteiger partial charge is 0.394 e. The Morgan fingerprint density at radius 3 is 1.03 bits per heavy atom. The van der Waals surface area contributed by atoms with Crippen LogP contribution in [-0.4, -0.2) is 193 Å². The molecule has 0 aliphatic carbocycles. The fourth-order valence-electron chi connectivity index (χ4n) is 14.3. The molecule has 12 N–H and O–H groups in total. The van der Waals surface area contributed by atoms with Crippen molar-refractivity contribution in [3.05, 3.63) is 48.6 Å². The van der Waals surface area contributed by atoms with Gasteiger partial charge in [0.1, 0.15) is 73.2 Å². The van der Waals surface area contributed by atoms with Gasteiger partial charge < -0.3 is 89.9 Å². The molecule has 17 unspecified atom stereocenters. The minimum Gasteiger partial charge on any atom is -0.394 e. The first-order valence-electron chi connectivity index (χ1n) is 42.4. The van der Waals surface area contributed by atoms with E-state index in [1.165, 1.54) is 270 Å². The molecule has 0 saturated carbocycles. The fourth-order valence-corrected chi connectivity index (χ4v) is 14.3. The minimum atomic E-state index is -1.98. The molecule has 1 amide bonds. The summed E-state index contributed by atoms with van der Waals surface area (Å²) >= 11 is 0. The van der Waals surface area contributed by atoms with E-state index in [0.29, 0.717) is 12.8 Å². The Bertz CT molecular complexity index is 2050. The first kappa shape index (κ1) is 95.0. The van der Waals surface area contributed by atoms with Crippen LogP contribution in [0.25, 0.3) is 0 Å². The van der Waals surface area contributed by atoms with E-state index in [0.717, 1.165) is 44.9 Å². The molecule has 3 saturated heterocycles. The Labute approximate surface area is 624 Å². The molecule has 0 spiro atoms. The van der Waals surface area contributed by atoms with Crippen LogP contribution < -0.4 is 5.32 Å². The molecular weight excluding hydrogens is 1310 g/mol. The molecule has 0 aromatic rings. The van der Waals surface area contributed by atoms with E-state index in [-0.39, 0.29) is 18.9 Å². The van der Waals surface area contributed by atoms with E-state index in [2.05, 4.69) is 55.6 Å². The molecule has 3 fully saturated rings. The molecule has 3 aliphatic rings. The zero-order valence-electron chi connectivity index (χ0n) is 64.8. The zero-order chi connectivity index (χ0) is 74.6. The van der Waals surface area contributed by atoms with Crippen molar-refractivity contribution in [3.63, 3.8) is 0 Å². The van der Waals surface area contributed by atoms with Gasteiger partial charge >= 0.3 is 0 Å². The molecule has 0 aromatic carbocycles. The monoisotopic (exact) mass is 1470 g/mol. The van der Waals surface area contributed by atoms with Gasteiger partial charge in [-0.25, -0.2) is 0 Å². The Hall–Kier alpha value is -2.25. The first-order valence-corrected chi connectivity index (χ1v) is 42.4. The van der Waals surface area contributed by atoms with Gasteiger partial charge in [0.2, 0.25) is 5.91 Å². The van der Waals surface area contributed by atoms with Crippen LogP contribution in [0, 0.1) is 0 Å². The van der Waals surface area contributed by atoms with E-state index in [1.807, 2.05) is 6.08 Å². The van der Waals surface area contributed by atoms with Crippen LogP contribution in [-0.2, 0) is 33.2 Å². The Morgan fingerprint density at radius 1 is 0.350 bits per heavy atom. The lowest BCUT2D eigenvalue weighted by Gasteiger charge is -2.48. The first-order chi connectivity index (χ1) is 50.3. The van der Waals surface area contributed by atoms with Gasteiger partial charge in [-0.2, -0.15) is 0 Å². The van der Waals surface area contributed by atoms with Crippen molar-refractivity contribution in [1.82, 2.24) is 5.32 Å². The second-order valence-electron chi connectivity index (χ2n) is 30.3. The summed E-state index contributed by atoms with van der Waals surface area (Å²) < 4.78 is 34.5. The molecule has 0 aromatic heterocycles. The third-order valence-corrected chi connectivity index (χ3v) is 21.1. The van der Waals surface area contributed by atoms with Gasteiger partial charge in [-0.3, -0.25) is 4.79 Å². The summed E-state index contributed by atoms with van der Waals surface area (Å²) in [4.78, 5) is 13.5. The molecule has 0 bridgehead atoms. The minimum absolute atomic E-state index is 0.239. The predicted octanol–water partition coefficient (Wildman–Crippen LogP) is 14.8. The number of amides is 1. The van der Waals surface area contributed by atoms with Crippen molar-refractivity contribution >= 4 is 5.91 Å². The molecule has 19 heteroatoms. The maximum Gasteiger partial charge on any atom is 0.220 e. The molecule has 3 rings (SSSR count). The number of hydrogen-bond acceptors (Lipinski definition) is 18. The topological polar surface area (TPSA) is 307 Å². The van der Waals surface area contributed by atoms with Crippen LogP contribution in [0.1, 0.15) is 348 Å². The Morgan fingerprint density at radius 2 is 0.650 bits per heavy atom. The lowest BCUT2D eigenvalue weighted by molar-refractivity contribution is -0.379. The fraction of sp³-hybridized carbons (Fsp3) is 0.893. The number of allylic oxidation sites excluding steroid dienone is 7. The number of aliphatic hydroxyl groups is 11. The molecule has 3 aliphatic heterocycles. The quantitative estimate of drug-likeness (QED) is 0.0199. The van der Waals surface area contributed by atoms with Gasteiger partial charge in [0, 0.05) is 6.42 Å². The highest BCUT2D eigenvalue weighted by Crippen LogP contribution is 2.33. The lowest BCUT2D eigenvalue weighted by Crippen LogP contribution is -2.66. The maximum atomic E-state index is 13.5. The number of ether oxygens (including phenoxy) is 6. The lowest BCUT2D eigenvalue weighted by atomic mass is 9.96. The highest BCUT2D eigenvalue weighted by atomic mass is 16.8. The summed E-state index contributed by atoms with van der Waals surface area (Å²) in [5.74, 6) is -0.279. The predicted molar refractivity (Wildman–Crippen MR) is 411 cm³/mol. The molecule has 604 valence electrons. The highest BCUT2D eigenvalue weighted by molar-refractivity contribution is 5.76. The maximum absolute atomic E-state index is 13.5. The number of carbonyl (C=O) groups excluding carboxylic acids is 1. The number of unbranched alkanes of at least 4 members (excludes halogenated alkanes) is 46. The molecule has 17 atom stereocenters. The summed E-state index contributed by atoms with van der Waals surface area (Å²) in [6, 6.07) is -0.991. The van der Waals surface area contributed by atoms with Crippen LogP contribution in [0.4, 0.5) is 0 Å². The summed E-state index contributed by atoms with van der Waals surface area (Å²) in [5, 5.41) is 121. The molecular formula is C84H155NO18. The molecule has 103 heavy (non-hydrogen) atoms. The standard InChI is InChI=1S/C84H155NO18/c1-3-5-7-9-11-13-15-17-19-21-23-25-27-28-29-30-31-32-33-34-35-36-37-38-40-42-44-46-48-50-52-54-56-58-60-62-72(90)85-67(68(89)61-59-57-55-53-51-49-47-45-43-41-39-26-24-22-20-18-16-14-12-10-8-6-4-2)66-98-82-78(96)75(93)80(70(64-87)100-82)103-84-79(97)76(94)81(71(65-88)101-84)102-83-77(95)74(92)73(91)69(63-86)99-83/h15,17,21,23,51,53,59,61,67-71,73-84,86-89,91-97H,3-14,16,18-20,22,24-50,52,54-58,60,62-66H2,1-2H3,(H,85,90)/b17-15-,23-21-,53-51+,61-59+. The van der Waals surface area contributed by atoms with Gasteiger partial charge in [-0.15, -0.1) is 0 Å².